The lowest BCUT2D eigenvalue weighted by Gasteiger charge is -2.05. The van der Waals surface area contributed by atoms with E-state index in [1.54, 1.807) is 18.2 Å². The molecular formula is C8H7Cl2NO. The number of nitrogen functional groups attached to an aromatic ring is 1. The number of alkyl halides is 1. The number of nitrogens with two attached hydrogens (primary N) is 1. The van der Waals surface area contributed by atoms with Gasteiger partial charge in [-0.05, 0) is 12.1 Å². The fourth-order valence-corrected chi connectivity index (χ4v) is 1.25. The van der Waals surface area contributed by atoms with Crippen LogP contribution in [0, 0.1) is 0 Å². The summed E-state index contributed by atoms with van der Waals surface area (Å²) in [4.78, 5) is 10.3. The first-order valence-corrected chi connectivity index (χ1v) is 4.11. The van der Waals surface area contributed by atoms with E-state index in [2.05, 4.69) is 0 Å². The molecule has 0 spiro atoms. The molecule has 0 saturated heterocycles. The van der Waals surface area contributed by atoms with Crippen molar-refractivity contribution in [2.45, 2.75) is 5.38 Å². The van der Waals surface area contributed by atoms with Crippen LogP contribution in [0.25, 0.3) is 0 Å². The first-order chi connectivity index (χ1) is 5.65. The summed E-state index contributed by atoms with van der Waals surface area (Å²) in [6, 6.07) is 4.85. The maximum atomic E-state index is 10.3. The Morgan fingerprint density at radius 3 is 2.67 bits per heavy atom. The van der Waals surface area contributed by atoms with Crippen molar-refractivity contribution in [3.63, 3.8) is 0 Å². The lowest BCUT2D eigenvalue weighted by Crippen LogP contribution is -1.97. The third kappa shape index (κ3) is 1.90. The molecule has 12 heavy (non-hydrogen) atoms. The topological polar surface area (TPSA) is 43.1 Å². The van der Waals surface area contributed by atoms with E-state index in [1.165, 1.54) is 0 Å². The highest BCUT2D eigenvalue weighted by Crippen LogP contribution is 2.26. The largest absolute Gasteiger partial charge is 0.398 e. The van der Waals surface area contributed by atoms with Crippen LogP contribution in [-0.4, -0.2) is 6.29 Å². The van der Waals surface area contributed by atoms with Crippen molar-refractivity contribution in [3.05, 3.63) is 28.8 Å². The molecule has 64 valence electrons. The van der Waals surface area contributed by atoms with E-state index in [1.807, 2.05) is 0 Å². The molecule has 1 rings (SSSR count). The minimum absolute atomic E-state index is 0.439. The summed E-state index contributed by atoms with van der Waals surface area (Å²) in [6.07, 6.45) is 0.626. The maximum Gasteiger partial charge on any atom is 0.142 e. The number of halogens is 2. The van der Waals surface area contributed by atoms with Crippen molar-refractivity contribution in [3.8, 4) is 0 Å². The van der Waals surface area contributed by atoms with E-state index in [0.717, 1.165) is 0 Å². The number of hydrogen-bond acceptors (Lipinski definition) is 2. The quantitative estimate of drug-likeness (QED) is 0.456. The van der Waals surface area contributed by atoms with E-state index >= 15 is 0 Å². The normalized spacial score (nSPS) is 12.5. The molecule has 0 radical (unpaired) electrons. The first-order valence-electron chi connectivity index (χ1n) is 3.29. The number of hydrogen-bond donors (Lipinski definition) is 1. The number of carbonyl (C=O) groups excluding carboxylic acids is 1. The van der Waals surface area contributed by atoms with Gasteiger partial charge < -0.3 is 10.5 Å². The van der Waals surface area contributed by atoms with Gasteiger partial charge in [0.25, 0.3) is 0 Å². The Morgan fingerprint density at radius 1 is 1.50 bits per heavy atom. The molecule has 1 unspecified atom stereocenters. The van der Waals surface area contributed by atoms with Crippen LogP contribution in [0.4, 0.5) is 5.69 Å². The summed E-state index contributed by atoms with van der Waals surface area (Å²) in [7, 11) is 0. The highest BCUT2D eigenvalue weighted by Gasteiger charge is 2.09. The second-order valence-corrected chi connectivity index (χ2v) is 3.22. The van der Waals surface area contributed by atoms with E-state index < -0.39 is 5.38 Å². The minimum atomic E-state index is -0.692. The molecule has 0 saturated carbocycles. The Hall–Kier alpha value is -0.730. The minimum Gasteiger partial charge on any atom is -0.398 e. The van der Waals surface area contributed by atoms with Crippen LogP contribution in [0.1, 0.15) is 10.9 Å². The number of rotatable bonds is 2. The van der Waals surface area contributed by atoms with Crippen molar-refractivity contribution < 1.29 is 4.79 Å². The molecule has 0 aromatic heterocycles. The third-order valence-electron chi connectivity index (χ3n) is 1.47. The summed E-state index contributed by atoms with van der Waals surface area (Å²) in [6.45, 7) is 0. The molecule has 2 N–H and O–H groups in total. The van der Waals surface area contributed by atoms with Gasteiger partial charge in [0.05, 0.1) is 0 Å². The van der Waals surface area contributed by atoms with Crippen LogP contribution in [0.3, 0.4) is 0 Å². The van der Waals surface area contributed by atoms with Crippen LogP contribution in [0.5, 0.6) is 0 Å². The Morgan fingerprint density at radius 2 is 2.17 bits per heavy atom. The van der Waals surface area contributed by atoms with Gasteiger partial charge in [-0.3, -0.25) is 0 Å². The molecule has 0 heterocycles. The molecule has 0 bridgehead atoms. The molecule has 1 atom stereocenters. The number of benzene rings is 1. The van der Waals surface area contributed by atoms with E-state index in [-0.39, 0.29) is 0 Å². The highest BCUT2D eigenvalue weighted by atomic mass is 35.5. The van der Waals surface area contributed by atoms with Gasteiger partial charge in [0.1, 0.15) is 11.7 Å². The van der Waals surface area contributed by atoms with Gasteiger partial charge in [0, 0.05) is 16.3 Å². The number of carbonyl (C=O) groups is 1. The zero-order valence-electron chi connectivity index (χ0n) is 6.13. The molecule has 0 aliphatic carbocycles. The summed E-state index contributed by atoms with van der Waals surface area (Å²) in [5.74, 6) is 0. The van der Waals surface area contributed by atoms with Crippen molar-refractivity contribution in [1.29, 1.82) is 0 Å². The molecule has 0 aliphatic rings. The molecule has 0 amide bonds. The molecule has 1 aromatic rings. The molecule has 4 heteroatoms. The average molecular weight is 204 g/mol. The zero-order valence-corrected chi connectivity index (χ0v) is 7.64. The smallest absolute Gasteiger partial charge is 0.142 e. The average Bonchev–Trinajstić information content (AvgIpc) is 2.03. The van der Waals surface area contributed by atoms with Crippen LogP contribution >= 0.6 is 23.2 Å². The summed E-state index contributed by atoms with van der Waals surface area (Å²) in [5.41, 5.74) is 6.60. The monoisotopic (exact) mass is 203 g/mol. The molecule has 1 aromatic carbocycles. The van der Waals surface area contributed by atoms with Gasteiger partial charge >= 0.3 is 0 Å². The summed E-state index contributed by atoms with van der Waals surface area (Å²) < 4.78 is 0. The molecular weight excluding hydrogens is 197 g/mol. The standard InChI is InChI=1S/C8H7Cl2NO/c9-5-1-2-6(7(10)4-12)8(11)3-5/h1-4,7H,11H2. The Balaban J connectivity index is 3.09. The van der Waals surface area contributed by atoms with Crippen LogP contribution < -0.4 is 5.73 Å². The summed E-state index contributed by atoms with van der Waals surface area (Å²) >= 11 is 11.3. The van der Waals surface area contributed by atoms with Gasteiger partial charge in [0.15, 0.2) is 0 Å². The van der Waals surface area contributed by atoms with Crippen molar-refractivity contribution in [2.75, 3.05) is 5.73 Å². The molecule has 2 nitrogen and oxygen atoms in total. The first kappa shape index (κ1) is 9.36. The fourth-order valence-electron chi connectivity index (χ4n) is 0.870. The van der Waals surface area contributed by atoms with Crippen LogP contribution in [0.2, 0.25) is 5.02 Å². The second-order valence-electron chi connectivity index (χ2n) is 2.31. The second kappa shape index (κ2) is 3.78. The van der Waals surface area contributed by atoms with E-state index in [9.17, 15) is 4.79 Å². The molecule has 0 aliphatic heterocycles. The SMILES string of the molecule is Nc1cc(Cl)ccc1C(Cl)C=O. The van der Waals surface area contributed by atoms with Crippen molar-refractivity contribution >= 4 is 35.2 Å². The van der Waals surface area contributed by atoms with E-state index in [0.29, 0.717) is 22.6 Å². The van der Waals surface area contributed by atoms with Gasteiger partial charge in [-0.25, -0.2) is 0 Å². The van der Waals surface area contributed by atoms with Gasteiger partial charge in [-0.2, -0.15) is 0 Å². The summed E-state index contributed by atoms with van der Waals surface area (Å²) in [5, 5.41) is -0.159. The van der Waals surface area contributed by atoms with Gasteiger partial charge in [-0.15, -0.1) is 11.6 Å². The van der Waals surface area contributed by atoms with Crippen molar-refractivity contribution in [1.82, 2.24) is 0 Å². The Labute approximate surface area is 80.3 Å². The lowest BCUT2D eigenvalue weighted by atomic mass is 10.1. The molecule has 0 fully saturated rings. The van der Waals surface area contributed by atoms with E-state index in [4.69, 9.17) is 28.9 Å². The third-order valence-corrected chi connectivity index (χ3v) is 2.04. The number of aldehydes is 1. The van der Waals surface area contributed by atoms with Crippen LogP contribution in [0.15, 0.2) is 18.2 Å². The Kier molecular flexibility index (Phi) is 2.95. The predicted molar refractivity (Wildman–Crippen MR) is 50.5 cm³/mol. The highest BCUT2D eigenvalue weighted by molar-refractivity contribution is 6.31. The van der Waals surface area contributed by atoms with Gasteiger partial charge in [0.2, 0.25) is 0 Å². The fraction of sp³-hybridized carbons (Fsp3) is 0.125. The Bertz CT molecular complexity index is 301. The maximum absolute atomic E-state index is 10.3. The predicted octanol–water partition coefficient (Wildman–Crippen LogP) is 2.40. The van der Waals surface area contributed by atoms with Crippen molar-refractivity contribution in [2.24, 2.45) is 0 Å². The lowest BCUT2D eigenvalue weighted by molar-refractivity contribution is -0.107. The number of anilines is 1. The van der Waals surface area contributed by atoms with Gasteiger partial charge in [-0.1, -0.05) is 17.7 Å². The van der Waals surface area contributed by atoms with Crippen LogP contribution in [-0.2, 0) is 4.79 Å². The zero-order chi connectivity index (χ0) is 9.14.